The Morgan fingerprint density at radius 2 is 1.94 bits per heavy atom. The number of carboxylic acids is 1. The number of benzene rings is 1. The number of hydrogen-bond donors (Lipinski definition) is 3. The first kappa shape index (κ1) is 13.7. The third kappa shape index (κ3) is 3.54. The van der Waals surface area contributed by atoms with Gasteiger partial charge in [0.25, 0.3) is 5.91 Å². The number of hydrogen-bond acceptors (Lipinski definition) is 3. The highest BCUT2D eigenvalue weighted by Gasteiger charge is 2.25. The molecule has 0 fully saturated rings. The van der Waals surface area contributed by atoms with Crippen molar-refractivity contribution < 1.29 is 19.8 Å². The first-order valence-electron chi connectivity index (χ1n) is 4.89. The molecule has 0 aliphatic heterocycles. The van der Waals surface area contributed by atoms with Gasteiger partial charge in [-0.25, -0.2) is 4.79 Å². The zero-order valence-corrected chi connectivity index (χ0v) is 10.6. The summed E-state index contributed by atoms with van der Waals surface area (Å²) in [5.74, 6) is -1.83. The molecule has 0 radical (unpaired) electrons. The van der Waals surface area contributed by atoms with Crippen LogP contribution in [-0.4, -0.2) is 34.2 Å². The van der Waals surface area contributed by atoms with E-state index in [-0.39, 0.29) is 0 Å². The van der Waals surface area contributed by atoms with Gasteiger partial charge in [-0.3, -0.25) is 4.79 Å². The van der Waals surface area contributed by atoms with Crippen LogP contribution in [0.15, 0.2) is 28.7 Å². The maximum atomic E-state index is 11.8. The van der Waals surface area contributed by atoms with Crippen LogP contribution < -0.4 is 5.32 Å². The Labute approximate surface area is 107 Å². The van der Waals surface area contributed by atoms with E-state index in [9.17, 15) is 14.7 Å². The molecule has 0 heterocycles. The third-order valence-corrected chi connectivity index (χ3v) is 2.85. The van der Waals surface area contributed by atoms with Crippen molar-refractivity contribution in [1.82, 2.24) is 5.32 Å². The Morgan fingerprint density at radius 3 is 2.41 bits per heavy atom. The summed E-state index contributed by atoms with van der Waals surface area (Å²) in [6, 6.07) is 5.31. The van der Waals surface area contributed by atoms with E-state index in [1.54, 1.807) is 24.3 Å². The van der Waals surface area contributed by atoms with Gasteiger partial charge in [-0.05, 0) is 35.0 Å². The van der Waals surface area contributed by atoms with Gasteiger partial charge in [-0.2, -0.15) is 0 Å². The standard InChI is InChI=1S/C11H12BrNO4/c1-6(14)9(11(16)17)13-10(15)7-4-2-3-5-8(7)12/h2-6,9,14H,1H3,(H,13,15)(H,16,17). The van der Waals surface area contributed by atoms with Crippen LogP contribution in [0.2, 0.25) is 0 Å². The van der Waals surface area contributed by atoms with E-state index in [4.69, 9.17) is 5.11 Å². The van der Waals surface area contributed by atoms with Crippen molar-refractivity contribution >= 4 is 27.8 Å². The van der Waals surface area contributed by atoms with E-state index in [1.807, 2.05) is 0 Å². The molecule has 1 amide bonds. The predicted octanol–water partition coefficient (Wildman–Crippen LogP) is 1.01. The Balaban J connectivity index is 2.85. The fourth-order valence-corrected chi connectivity index (χ4v) is 1.72. The number of amides is 1. The summed E-state index contributed by atoms with van der Waals surface area (Å²) in [5, 5.41) is 20.3. The number of carboxylic acid groups (broad SMARTS) is 1. The molecular weight excluding hydrogens is 290 g/mol. The summed E-state index contributed by atoms with van der Waals surface area (Å²) in [5.41, 5.74) is 0.319. The highest BCUT2D eigenvalue weighted by molar-refractivity contribution is 9.10. The maximum Gasteiger partial charge on any atom is 0.328 e. The van der Waals surface area contributed by atoms with Gasteiger partial charge in [-0.15, -0.1) is 0 Å². The fourth-order valence-electron chi connectivity index (χ4n) is 1.25. The molecule has 0 saturated carbocycles. The summed E-state index contributed by atoms with van der Waals surface area (Å²) in [4.78, 5) is 22.6. The Morgan fingerprint density at radius 1 is 1.35 bits per heavy atom. The third-order valence-electron chi connectivity index (χ3n) is 2.15. The molecule has 0 saturated heterocycles. The van der Waals surface area contributed by atoms with Crippen LogP contribution in [0.25, 0.3) is 0 Å². The Kier molecular flexibility index (Phi) is 4.65. The van der Waals surface area contributed by atoms with Crippen LogP contribution in [0, 0.1) is 0 Å². The normalized spacial score (nSPS) is 13.8. The molecule has 2 unspecified atom stereocenters. The first-order valence-corrected chi connectivity index (χ1v) is 5.69. The van der Waals surface area contributed by atoms with Crippen LogP contribution in [0.3, 0.4) is 0 Å². The molecule has 0 aromatic heterocycles. The van der Waals surface area contributed by atoms with Crippen LogP contribution >= 0.6 is 15.9 Å². The molecule has 0 aliphatic carbocycles. The zero-order chi connectivity index (χ0) is 13.0. The van der Waals surface area contributed by atoms with Gasteiger partial charge >= 0.3 is 5.97 Å². The summed E-state index contributed by atoms with van der Waals surface area (Å²) >= 11 is 3.19. The monoisotopic (exact) mass is 301 g/mol. The van der Waals surface area contributed by atoms with Gasteiger partial charge in [0, 0.05) is 4.47 Å². The topological polar surface area (TPSA) is 86.6 Å². The molecule has 0 bridgehead atoms. The number of rotatable bonds is 4. The Hall–Kier alpha value is -1.40. The molecule has 1 aromatic carbocycles. The minimum Gasteiger partial charge on any atom is -0.480 e. The molecule has 5 nitrogen and oxygen atoms in total. The van der Waals surface area contributed by atoms with E-state index >= 15 is 0 Å². The van der Waals surface area contributed by atoms with Gasteiger partial charge in [0.15, 0.2) is 6.04 Å². The van der Waals surface area contributed by atoms with Crippen LogP contribution in [0.4, 0.5) is 0 Å². The highest BCUT2D eigenvalue weighted by Crippen LogP contribution is 2.15. The average Bonchev–Trinajstić information content (AvgIpc) is 2.25. The summed E-state index contributed by atoms with van der Waals surface area (Å²) in [6.07, 6.45) is -1.17. The molecule has 92 valence electrons. The van der Waals surface area contributed by atoms with Gasteiger partial charge < -0.3 is 15.5 Å². The summed E-state index contributed by atoms with van der Waals surface area (Å²) in [6.45, 7) is 1.30. The average molecular weight is 302 g/mol. The number of carbonyl (C=O) groups is 2. The number of aliphatic hydroxyl groups excluding tert-OH is 1. The van der Waals surface area contributed by atoms with Gasteiger partial charge in [0.05, 0.1) is 11.7 Å². The molecule has 17 heavy (non-hydrogen) atoms. The number of halogens is 1. The van der Waals surface area contributed by atoms with Crippen molar-refractivity contribution in [3.05, 3.63) is 34.3 Å². The number of nitrogens with one attached hydrogen (secondary N) is 1. The summed E-state index contributed by atoms with van der Waals surface area (Å²) < 4.78 is 0.562. The smallest absolute Gasteiger partial charge is 0.328 e. The van der Waals surface area contributed by atoms with Crippen molar-refractivity contribution in [2.45, 2.75) is 19.1 Å². The molecular formula is C11H12BrNO4. The first-order chi connectivity index (χ1) is 7.93. The SMILES string of the molecule is CC(O)C(NC(=O)c1ccccc1Br)C(=O)O. The number of carbonyl (C=O) groups excluding carboxylic acids is 1. The number of aliphatic carboxylic acids is 1. The van der Waals surface area contributed by atoms with Crippen LogP contribution in [-0.2, 0) is 4.79 Å². The Bertz CT molecular complexity index is 433. The van der Waals surface area contributed by atoms with Crippen molar-refractivity contribution in [2.24, 2.45) is 0 Å². The minimum absolute atomic E-state index is 0.319. The van der Waals surface area contributed by atoms with E-state index in [0.29, 0.717) is 10.0 Å². The molecule has 3 N–H and O–H groups in total. The second-order valence-electron chi connectivity index (χ2n) is 3.51. The van der Waals surface area contributed by atoms with E-state index in [0.717, 1.165) is 0 Å². The lowest BCUT2D eigenvalue weighted by molar-refractivity contribution is -0.141. The minimum atomic E-state index is -1.32. The van der Waals surface area contributed by atoms with Crippen LogP contribution in [0.1, 0.15) is 17.3 Å². The van der Waals surface area contributed by atoms with Crippen molar-refractivity contribution in [1.29, 1.82) is 0 Å². The number of aliphatic hydroxyl groups is 1. The molecule has 6 heteroatoms. The largest absolute Gasteiger partial charge is 0.480 e. The molecule has 1 aromatic rings. The van der Waals surface area contributed by atoms with E-state index < -0.39 is 24.0 Å². The molecule has 0 aliphatic rings. The predicted molar refractivity (Wildman–Crippen MR) is 64.7 cm³/mol. The summed E-state index contributed by atoms with van der Waals surface area (Å²) in [7, 11) is 0. The van der Waals surface area contributed by atoms with Gasteiger partial charge in [0.2, 0.25) is 0 Å². The molecule has 0 spiro atoms. The lowest BCUT2D eigenvalue weighted by Gasteiger charge is -2.17. The fraction of sp³-hybridized carbons (Fsp3) is 0.273. The van der Waals surface area contributed by atoms with Crippen molar-refractivity contribution in [2.75, 3.05) is 0 Å². The second-order valence-corrected chi connectivity index (χ2v) is 4.36. The van der Waals surface area contributed by atoms with Gasteiger partial charge in [-0.1, -0.05) is 12.1 Å². The van der Waals surface area contributed by atoms with E-state index in [2.05, 4.69) is 21.2 Å². The van der Waals surface area contributed by atoms with Gasteiger partial charge in [0.1, 0.15) is 0 Å². The van der Waals surface area contributed by atoms with Crippen molar-refractivity contribution in [3.8, 4) is 0 Å². The quantitative estimate of drug-likeness (QED) is 0.775. The second kappa shape index (κ2) is 5.79. The van der Waals surface area contributed by atoms with E-state index in [1.165, 1.54) is 6.92 Å². The van der Waals surface area contributed by atoms with Crippen LogP contribution in [0.5, 0.6) is 0 Å². The lowest BCUT2D eigenvalue weighted by atomic mass is 10.1. The lowest BCUT2D eigenvalue weighted by Crippen LogP contribution is -2.47. The molecule has 1 rings (SSSR count). The zero-order valence-electron chi connectivity index (χ0n) is 9.05. The molecule has 2 atom stereocenters. The highest BCUT2D eigenvalue weighted by atomic mass is 79.9. The van der Waals surface area contributed by atoms with Crippen molar-refractivity contribution in [3.63, 3.8) is 0 Å². The maximum absolute atomic E-state index is 11.8.